The highest BCUT2D eigenvalue weighted by Gasteiger charge is 2.31. The molecule has 43 heavy (non-hydrogen) atoms. The highest BCUT2D eigenvalue weighted by atomic mass is 19.4. The summed E-state index contributed by atoms with van der Waals surface area (Å²) in [5.74, 6) is -2.63. The van der Waals surface area contributed by atoms with Gasteiger partial charge in [0.2, 0.25) is 0 Å². The van der Waals surface area contributed by atoms with Crippen molar-refractivity contribution < 1.29 is 42.7 Å². The summed E-state index contributed by atoms with van der Waals surface area (Å²) in [4.78, 5) is 50.5. The molecule has 0 aromatic heterocycles. The summed E-state index contributed by atoms with van der Waals surface area (Å²) in [6.07, 6.45) is -3.22. The molecule has 0 spiro atoms. The number of aliphatic carboxylic acids is 2. The van der Waals surface area contributed by atoms with Crippen LogP contribution in [0.15, 0.2) is 60.7 Å². The number of piperazine rings is 2. The van der Waals surface area contributed by atoms with Gasteiger partial charge in [-0.1, -0.05) is 6.07 Å². The third-order valence-electron chi connectivity index (χ3n) is 7.00. The van der Waals surface area contributed by atoms with Gasteiger partial charge in [0.05, 0.1) is 10.5 Å². The molecular weight excluding hydrogens is 575 g/mol. The van der Waals surface area contributed by atoms with Crippen molar-refractivity contribution in [3.63, 3.8) is 0 Å². The first kappa shape index (κ1) is 33.0. The van der Waals surface area contributed by atoms with Crippen LogP contribution in [0.4, 0.5) is 24.5 Å². The number of carboxylic acid groups (broad SMARTS) is 2. The number of hydrogen-bond donors (Lipinski definition) is 2. The van der Waals surface area contributed by atoms with Crippen molar-refractivity contribution in [2.45, 2.75) is 6.18 Å². The topological polar surface area (TPSA) is 148 Å². The predicted molar refractivity (Wildman–Crippen MR) is 150 cm³/mol. The van der Waals surface area contributed by atoms with Crippen molar-refractivity contribution in [2.75, 3.05) is 70.3 Å². The van der Waals surface area contributed by atoms with Gasteiger partial charge in [-0.15, -0.1) is 0 Å². The summed E-state index contributed by atoms with van der Waals surface area (Å²) < 4.78 is 39.0. The van der Waals surface area contributed by atoms with Crippen LogP contribution in [0.25, 0.3) is 0 Å². The van der Waals surface area contributed by atoms with Crippen LogP contribution in [0.5, 0.6) is 0 Å². The van der Waals surface area contributed by atoms with Crippen LogP contribution in [-0.4, -0.2) is 113 Å². The minimum Gasteiger partial charge on any atom is -0.478 e. The molecule has 2 aromatic carbocycles. The van der Waals surface area contributed by atoms with Crippen molar-refractivity contribution in [1.82, 2.24) is 14.7 Å². The Labute approximate surface area is 245 Å². The Hall–Kier alpha value is -4.50. The number of non-ortho nitro benzene ring substituents is 1. The smallest absolute Gasteiger partial charge is 0.416 e. The quantitative estimate of drug-likeness (QED) is 0.261. The van der Waals surface area contributed by atoms with Crippen LogP contribution in [-0.2, 0) is 15.8 Å². The molecule has 0 saturated carbocycles. The second-order valence-electron chi connectivity index (χ2n) is 9.82. The van der Waals surface area contributed by atoms with Gasteiger partial charge >= 0.3 is 18.1 Å². The molecule has 0 radical (unpaired) electrons. The average Bonchev–Trinajstić information content (AvgIpc) is 2.99. The first-order valence-corrected chi connectivity index (χ1v) is 13.4. The van der Waals surface area contributed by atoms with E-state index in [0.717, 1.165) is 45.3 Å². The van der Waals surface area contributed by atoms with Gasteiger partial charge < -0.3 is 20.0 Å². The molecule has 1 amide bonds. The number of anilines is 1. The molecule has 0 atom stereocenters. The minimum absolute atomic E-state index is 0.0398. The van der Waals surface area contributed by atoms with Crippen molar-refractivity contribution in [2.24, 2.45) is 0 Å². The van der Waals surface area contributed by atoms with Gasteiger partial charge in [0.15, 0.2) is 0 Å². The molecule has 2 aliphatic heterocycles. The molecule has 232 valence electrons. The van der Waals surface area contributed by atoms with Crippen LogP contribution in [0.3, 0.4) is 0 Å². The van der Waals surface area contributed by atoms with E-state index >= 15 is 0 Å². The molecule has 0 unspecified atom stereocenters. The molecule has 4 rings (SSSR count). The monoisotopic (exact) mass is 607 g/mol. The number of carbonyl (C=O) groups excluding carboxylic acids is 1. The highest BCUT2D eigenvalue weighted by Crippen LogP contribution is 2.31. The summed E-state index contributed by atoms with van der Waals surface area (Å²) >= 11 is 0. The molecule has 2 N–H and O–H groups in total. The molecule has 2 saturated heterocycles. The zero-order chi connectivity index (χ0) is 31.6. The number of rotatable bonds is 8. The lowest BCUT2D eigenvalue weighted by molar-refractivity contribution is -0.384. The summed E-state index contributed by atoms with van der Waals surface area (Å²) in [5, 5.41) is 26.4. The van der Waals surface area contributed by atoms with Crippen molar-refractivity contribution in [1.29, 1.82) is 0 Å². The lowest BCUT2D eigenvalue weighted by Gasteiger charge is -2.39. The van der Waals surface area contributed by atoms with Gasteiger partial charge in [0.25, 0.3) is 11.6 Å². The third kappa shape index (κ3) is 10.4. The molecule has 15 heteroatoms. The maximum absolute atomic E-state index is 13.0. The molecular formula is C28H32F3N5O7. The van der Waals surface area contributed by atoms with Crippen LogP contribution in [0.2, 0.25) is 0 Å². The number of halogens is 3. The van der Waals surface area contributed by atoms with Gasteiger partial charge in [-0.2, -0.15) is 13.2 Å². The lowest BCUT2D eigenvalue weighted by atomic mass is 10.1. The molecule has 0 aliphatic carbocycles. The normalized spacial score (nSPS) is 16.4. The van der Waals surface area contributed by atoms with Crippen molar-refractivity contribution >= 4 is 29.2 Å². The molecule has 2 aliphatic rings. The largest absolute Gasteiger partial charge is 0.478 e. The predicted octanol–water partition coefficient (Wildman–Crippen LogP) is 2.91. The average molecular weight is 608 g/mol. The summed E-state index contributed by atoms with van der Waals surface area (Å²) in [6, 6.07) is 11.2. The van der Waals surface area contributed by atoms with Gasteiger partial charge in [0, 0.05) is 101 Å². The van der Waals surface area contributed by atoms with Crippen LogP contribution in [0, 0.1) is 10.1 Å². The first-order chi connectivity index (χ1) is 20.3. The Morgan fingerprint density at radius 2 is 1.33 bits per heavy atom. The summed E-state index contributed by atoms with van der Waals surface area (Å²) in [7, 11) is 0. The van der Waals surface area contributed by atoms with E-state index in [1.165, 1.54) is 36.4 Å². The zero-order valence-electron chi connectivity index (χ0n) is 23.2. The SMILES string of the molecule is O=C(O)/C=C/C(=O)O.O=C(c1ccc([N+](=O)[O-])cc1)N1CCN(CCN2CCN(c3cccc(C(F)(F)F)c3)CC2)CC1. The Bertz CT molecular complexity index is 1290. The molecule has 2 fully saturated rings. The number of nitro benzene ring substituents is 1. The molecule has 2 aromatic rings. The molecule has 12 nitrogen and oxygen atoms in total. The Balaban J connectivity index is 0.000000557. The van der Waals surface area contributed by atoms with Gasteiger partial charge in [-0.3, -0.25) is 24.7 Å². The fourth-order valence-electron chi connectivity index (χ4n) is 4.62. The second-order valence-corrected chi connectivity index (χ2v) is 9.82. The lowest BCUT2D eigenvalue weighted by Crippen LogP contribution is -2.52. The van der Waals surface area contributed by atoms with E-state index in [1.54, 1.807) is 11.0 Å². The standard InChI is InChI=1S/C24H28F3N5O3.C4H4O4/c25-24(26,27)20-2-1-3-22(18-20)30-14-10-28(11-15-30)8-9-29-12-16-31(17-13-29)23(33)19-4-6-21(7-5-19)32(34)35;5-3(6)1-2-4(7)8/h1-7,18H,8-17H2;1-2H,(H,5,6)(H,7,8)/b;2-1+. The number of amides is 1. The Morgan fingerprint density at radius 1 is 0.814 bits per heavy atom. The van der Waals surface area contributed by atoms with Crippen molar-refractivity contribution in [3.8, 4) is 0 Å². The Kier molecular flexibility index (Phi) is 11.6. The van der Waals surface area contributed by atoms with Gasteiger partial charge in [-0.25, -0.2) is 9.59 Å². The van der Waals surface area contributed by atoms with E-state index in [0.29, 0.717) is 49.6 Å². The fourth-order valence-corrected chi connectivity index (χ4v) is 4.62. The van der Waals surface area contributed by atoms with E-state index in [-0.39, 0.29) is 11.6 Å². The number of benzene rings is 2. The summed E-state index contributed by atoms with van der Waals surface area (Å²) in [6.45, 7) is 7.36. The molecule has 0 bridgehead atoms. The van der Waals surface area contributed by atoms with E-state index in [4.69, 9.17) is 10.2 Å². The van der Waals surface area contributed by atoms with Gasteiger partial charge in [-0.05, 0) is 30.3 Å². The van der Waals surface area contributed by atoms with E-state index in [1.807, 2.05) is 4.90 Å². The maximum Gasteiger partial charge on any atom is 0.416 e. The zero-order valence-corrected chi connectivity index (χ0v) is 23.2. The van der Waals surface area contributed by atoms with Crippen LogP contribution < -0.4 is 4.90 Å². The minimum atomic E-state index is -4.34. The number of nitro groups is 1. The van der Waals surface area contributed by atoms with Crippen molar-refractivity contribution in [3.05, 3.63) is 81.9 Å². The fraction of sp³-hybridized carbons (Fsp3) is 0.393. The van der Waals surface area contributed by atoms with E-state index < -0.39 is 28.6 Å². The number of carbonyl (C=O) groups is 3. The maximum atomic E-state index is 13.0. The van der Waals surface area contributed by atoms with E-state index in [9.17, 15) is 37.7 Å². The van der Waals surface area contributed by atoms with Gasteiger partial charge in [0.1, 0.15) is 0 Å². The van der Waals surface area contributed by atoms with Crippen LogP contribution in [0.1, 0.15) is 15.9 Å². The number of alkyl halides is 3. The van der Waals surface area contributed by atoms with Crippen LogP contribution >= 0.6 is 0 Å². The first-order valence-electron chi connectivity index (χ1n) is 13.4. The third-order valence-corrected chi connectivity index (χ3v) is 7.00. The van der Waals surface area contributed by atoms with E-state index in [2.05, 4.69) is 9.80 Å². The highest BCUT2D eigenvalue weighted by molar-refractivity contribution is 5.94. The number of carboxylic acids is 2. The number of hydrogen-bond acceptors (Lipinski definition) is 8. The Morgan fingerprint density at radius 3 is 1.79 bits per heavy atom. The molecule has 2 heterocycles. The summed E-state index contributed by atoms with van der Waals surface area (Å²) in [5.41, 5.74) is 0.390. The number of nitrogens with zero attached hydrogens (tertiary/aromatic N) is 5. The second kappa shape index (κ2) is 15.1.